The molecule has 0 spiro atoms. The average molecular weight is 271 g/mol. The molecule has 0 radical (unpaired) electrons. The van der Waals surface area contributed by atoms with Crippen molar-refractivity contribution in [3.8, 4) is 0 Å². The first-order valence-corrected chi connectivity index (χ1v) is 10.2. The monoisotopic (exact) mass is 270 g/mol. The van der Waals surface area contributed by atoms with Crippen LogP contribution in [-0.2, 0) is 4.43 Å². The molecule has 1 rings (SSSR count). The molecule has 0 amide bonds. The van der Waals surface area contributed by atoms with Crippen molar-refractivity contribution in [2.75, 3.05) is 0 Å². The molecular weight excluding hydrogens is 236 g/mol. The Morgan fingerprint density at radius 3 is 1.61 bits per heavy atom. The molecule has 0 aliphatic carbocycles. The van der Waals surface area contributed by atoms with Gasteiger partial charge in [0.2, 0.25) is 0 Å². The van der Waals surface area contributed by atoms with Crippen LogP contribution in [0.25, 0.3) is 0 Å². The molecule has 18 heavy (non-hydrogen) atoms. The molecule has 0 aromatic carbocycles. The lowest BCUT2D eigenvalue weighted by Gasteiger charge is -2.55. The van der Waals surface area contributed by atoms with Gasteiger partial charge in [-0.25, -0.2) is 0 Å². The molecule has 1 aliphatic rings. The van der Waals surface area contributed by atoms with E-state index in [4.69, 9.17) is 4.43 Å². The van der Waals surface area contributed by atoms with E-state index in [1.54, 1.807) is 0 Å². The predicted octanol–water partition coefficient (Wildman–Crippen LogP) is 5.61. The van der Waals surface area contributed by atoms with Gasteiger partial charge in [0.15, 0.2) is 8.32 Å². The molecule has 1 nitrogen and oxygen atoms in total. The van der Waals surface area contributed by atoms with Gasteiger partial charge in [0.25, 0.3) is 0 Å². The van der Waals surface area contributed by atoms with E-state index in [0.29, 0.717) is 11.8 Å². The molecule has 0 atom stereocenters. The van der Waals surface area contributed by atoms with Crippen LogP contribution in [0.5, 0.6) is 0 Å². The first-order chi connectivity index (χ1) is 8.19. The standard InChI is InChI=1S/C16H34OSi/c1-12(2)16(13(3)4)10-9-11-18(17-16,14(5)6)15(7)8/h12-15H,9-11H2,1-8H3. The molecule has 0 N–H and O–H groups in total. The summed E-state index contributed by atoms with van der Waals surface area (Å²) < 4.78 is 7.05. The molecule has 0 aromatic heterocycles. The van der Waals surface area contributed by atoms with E-state index in [0.717, 1.165) is 11.1 Å². The highest BCUT2D eigenvalue weighted by atomic mass is 28.4. The van der Waals surface area contributed by atoms with Crippen LogP contribution in [0.1, 0.15) is 68.2 Å². The molecule has 0 saturated carbocycles. The summed E-state index contributed by atoms with van der Waals surface area (Å²) in [5.41, 5.74) is 1.60. The minimum Gasteiger partial charge on any atom is -0.410 e. The third kappa shape index (κ3) is 2.56. The second kappa shape index (κ2) is 5.66. The molecule has 0 bridgehead atoms. The number of rotatable bonds is 4. The molecule has 2 heteroatoms. The predicted molar refractivity (Wildman–Crippen MR) is 83.5 cm³/mol. The van der Waals surface area contributed by atoms with Crippen molar-refractivity contribution < 1.29 is 4.43 Å². The van der Waals surface area contributed by atoms with Gasteiger partial charge >= 0.3 is 0 Å². The Morgan fingerprint density at radius 1 is 0.833 bits per heavy atom. The Kier molecular flexibility index (Phi) is 5.11. The quantitative estimate of drug-likeness (QED) is 0.603. The lowest BCUT2D eigenvalue weighted by atomic mass is 9.77. The van der Waals surface area contributed by atoms with Crippen molar-refractivity contribution in [2.24, 2.45) is 11.8 Å². The Bertz CT molecular complexity index is 226. The van der Waals surface area contributed by atoms with Gasteiger partial charge in [0.05, 0.1) is 5.60 Å². The fraction of sp³-hybridized carbons (Fsp3) is 1.00. The van der Waals surface area contributed by atoms with Crippen LogP contribution in [0.4, 0.5) is 0 Å². The largest absolute Gasteiger partial charge is 0.410 e. The Morgan fingerprint density at radius 2 is 1.28 bits per heavy atom. The van der Waals surface area contributed by atoms with Crippen molar-refractivity contribution in [2.45, 2.75) is 91.0 Å². The van der Waals surface area contributed by atoms with E-state index in [2.05, 4.69) is 55.4 Å². The zero-order valence-electron chi connectivity index (χ0n) is 13.8. The SMILES string of the molecule is CC(C)C1(C(C)C)CCC[Si](C(C)C)(C(C)C)O1. The fourth-order valence-electron chi connectivity index (χ4n) is 4.06. The van der Waals surface area contributed by atoms with E-state index in [-0.39, 0.29) is 5.60 Å². The van der Waals surface area contributed by atoms with Crippen molar-refractivity contribution in [3.05, 3.63) is 0 Å². The Balaban J connectivity index is 3.13. The molecule has 108 valence electrons. The summed E-state index contributed by atoms with van der Waals surface area (Å²) in [5, 5.41) is 0. The third-order valence-corrected chi connectivity index (χ3v) is 11.2. The summed E-state index contributed by atoms with van der Waals surface area (Å²) in [5.74, 6) is 1.25. The fourth-order valence-corrected chi connectivity index (χ4v) is 9.13. The molecular formula is C16H34OSi. The first kappa shape index (κ1) is 16.2. The van der Waals surface area contributed by atoms with Gasteiger partial charge in [0.1, 0.15) is 0 Å². The highest BCUT2D eigenvalue weighted by Gasteiger charge is 2.53. The van der Waals surface area contributed by atoms with E-state index in [1.807, 2.05) is 0 Å². The lowest BCUT2D eigenvalue weighted by Crippen LogP contribution is -2.59. The highest BCUT2D eigenvalue weighted by molar-refractivity contribution is 6.76. The van der Waals surface area contributed by atoms with Crippen molar-refractivity contribution in [1.29, 1.82) is 0 Å². The van der Waals surface area contributed by atoms with Gasteiger partial charge in [-0.3, -0.25) is 0 Å². The summed E-state index contributed by atoms with van der Waals surface area (Å²) in [7, 11) is -1.60. The molecule has 1 fully saturated rings. The Labute approximate surface area is 116 Å². The van der Waals surface area contributed by atoms with Gasteiger partial charge in [0, 0.05) is 0 Å². The Hall–Kier alpha value is 0.177. The summed E-state index contributed by atoms with van der Waals surface area (Å²) in [6, 6.07) is 1.36. The van der Waals surface area contributed by atoms with Crippen LogP contribution in [0.3, 0.4) is 0 Å². The third-order valence-electron chi connectivity index (χ3n) is 5.42. The van der Waals surface area contributed by atoms with Gasteiger partial charge < -0.3 is 4.43 Å². The van der Waals surface area contributed by atoms with Crippen LogP contribution in [0.2, 0.25) is 17.1 Å². The van der Waals surface area contributed by atoms with E-state index in [1.165, 1.54) is 18.9 Å². The van der Waals surface area contributed by atoms with Gasteiger partial charge in [-0.1, -0.05) is 61.8 Å². The van der Waals surface area contributed by atoms with Crippen molar-refractivity contribution in [1.82, 2.24) is 0 Å². The number of hydrogen-bond donors (Lipinski definition) is 0. The molecule has 0 unspecified atom stereocenters. The van der Waals surface area contributed by atoms with E-state index in [9.17, 15) is 0 Å². The summed E-state index contributed by atoms with van der Waals surface area (Å²) in [6.45, 7) is 19.0. The van der Waals surface area contributed by atoms with Crippen LogP contribution < -0.4 is 0 Å². The maximum Gasteiger partial charge on any atom is 0.198 e. The van der Waals surface area contributed by atoms with Gasteiger partial charge in [-0.2, -0.15) is 0 Å². The molecule has 0 aromatic rings. The van der Waals surface area contributed by atoms with Crippen molar-refractivity contribution in [3.63, 3.8) is 0 Å². The summed E-state index contributed by atoms with van der Waals surface area (Å²) in [6.07, 6.45) is 2.63. The van der Waals surface area contributed by atoms with Crippen LogP contribution in [0, 0.1) is 11.8 Å². The topological polar surface area (TPSA) is 9.23 Å². The minimum absolute atomic E-state index is 0.138. The zero-order chi connectivity index (χ0) is 14.1. The molecule has 1 aliphatic heterocycles. The van der Waals surface area contributed by atoms with Crippen LogP contribution in [0.15, 0.2) is 0 Å². The second-order valence-electron chi connectivity index (χ2n) is 7.48. The highest BCUT2D eigenvalue weighted by Crippen LogP contribution is 2.50. The maximum absolute atomic E-state index is 7.05. The lowest BCUT2D eigenvalue weighted by molar-refractivity contribution is -0.0543. The normalized spacial score (nSPS) is 23.3. The van der Waals surface area contributed by atoms with E-state index < -0.39 is 8.32 Å². The minimum atomic E-state index is -1.60. The average Bonchev–Trinajstić information content (AvgIpc) is 2.27. The van der Waals surface area contributed by atoms with Crippen molar-refractivity contribution >= 4 is 8.32 Å². The maximum atomic E-state index is 7.05. The zero-order valence-corrected chi connectivity index (χ0v) is 14.8. The van der Waals surface area contributed by atoms with E-state index >= 15 is 0 Å². The first-order valence-electron chi connectivity index (χ1n) is 7.89. The van der Waals surface area contributed by atoms with Crippen LogP contribution in [-0.4, -0.2) is 13.9 Å². The smallest absolute Gasteiger partial charge is 0.198 e. The summed E-state index contributed by atoms with van der Waals surface area (Å²) >= 11 is 0. The molecule has 1 heterocycles. The summed E-state index contributed by atoms with van der Waals surface area (Å²) in [4.78, 5) is 0. The van der Waals surface area contributed by atoms with Gasteiger partial charge in [-0.05, 0) is 35.4 Å². The molecule has 1 saturated heterocycles. The number of hydrogen-bond acceptors (Lipinski definition) is 1. The van der Waals surface area contributed by atoms with Crippen LogP contribution >= 0.6 is 0 Å². The van der Waals surface area contributed by atoms with Gasteiger partial charge in [-0.15, -0.1) is 0 Å². The second-order valence-corrected chi connectivity index (χ2v) is 12.4.